The molecule has 2 aromatic rings. The van der Waals surface area contributed by atoms with E-state index in [9.17, 15) is 27.6 Å². The number of carbonyl (C=O) groups excluding carboxylic acids is 3. The zero-order valence-corrected chi connectivity index (χ0v) is 19.9. The third kappa shape index (κ3) is 6.78. The summed E-state index contributed by atoms with van der Waals surface area (Å²) in [5.41, 5.74) is 2.83. The number of amides is 3. The number of nitrogens with one attached hydrogen (secondary N) is 3. The molecule has 10 nitrogen and oxygen atoms in total. The Hall–Kier alpha value is -4.55. The van der Waals surface area contributed by atoms with Gasteiger partial charge in [0.2, 0.25) is 0 Å². The second-order valence-corrected chi connectivity index (χ2v) is 7.67. The second-order valence-electron chi connectivity index (χ2n) is 7.67. The minimum Gasteiger partial charge on any atom is -0.493 e. The number of carbonyl (C=O) groups is 3. The SMILES string of the molecule is COC(=O)C1=C(C)NC(=O)N[C@H]1c1ccc(OCC(=O)N/N=C\c2ccc(C(F)(F)F)cc2)c(OC)c1. The van der Waals surface area contributed by atoms with Crippen LogP contribution in [0.2, 0.25) is 0 Å². The van der Waals surface area contributed by atoms with Gasteiger partial charge in [0.25, 0.3) is 5.91 Å². The Labute approximate surface area is 209 Å². The van der Waals surface area contributed by atoms with Gasteiger partial charge in [0.05, 0.1) is 37.6 Å². The van der Waals surface area contributed by atoms with Gasteiger partial charge in [-0.3, -0.25) is 4.79 Å². The number of halogens is 3. The summed E-state index contributed by atoms with van der Waals surface area (Å²) in [5, 5.41) is 8.88. The number of hydrazone groups is 1. The van der Waals surface area contributed by atoms with Crippen molar-refractivity contribution in [3.05, 3.63) is 70.4 Å². The summed E-state index contributed by atoms with van der Waals surface area (Å²) < 4.78 is 53.5. The molecule has 1 heterocycles. The number of benzene rings is 2. The van der Waals surface area contributed by atoms with Crippen molar-refractivity contribution in [1.29, 1.82) is 0 Å². The Bertz CT molecular complexity index is 1240. The molecule has 0 fully saturated rings. The quantitative estimate of drug-likeness (QED) is 0.279. The number of hydrogen-bond donors (Lipinski definition) is 3. The summed E-state index contributed by atoms with van der Waals surface area (Å²) in [5.74, 6) is -0.823. The molecule has 0 saturated carbocycles. The minimum absolute atomic E-state index is 0.202. The normalized spacial score (nSPS) is 15.6. The Kier molecular flexibility index (Phi) is 8.37. The molecule has 3 N–H and O–H groups in total. The van der Waals surface area contributed by atoms with Crippen LogP contribution in [-0.4, -0.2) is 44.9 Å². The van der Waals surface area contributed by atoms with Crippen molar-refractivity contribution >= 4 is 24.1 Å². The van der Waals surface area contributed by atoms with E-state index >= 15 is 0 Å². The van der Waals surface area contributed by atoms with Gasteiger partial charge in [-0.1, -0.05) is 18.2 Å². The average molecular weight is 520 g/mol. The second kappa shape index (κ2) is 11.5. The molecule has 3 amide bonds. The van der Waals surface area contributed by atoms with Crippen LogP contribution in [0.1, 0.15) is 29.7 Å². The maximum absolute atomic E-state index is 12.6. The van der Waals surface area contributed by atoms with Crippen molar-refractivity contribution in [3.8, 4) is 11.5 Å². The summed E-state index contributed by atoms with van der Waals surface area (Å²) in [6, 6.07) is 7.57. The lowest BCUT2D eigenvalue weighted by molar-refractivity contribution is -0.138. The van der Waals surface area contributed by atoms with Crippen molar-refractivity contribution in [2.24, 2.45) is 5.10 Å². The average Bonchev–Trinajstić information content (AvgIpc) is 2.86. The topological polar surface area (TPSA) is 127 Å². The standard InChI is InChI=1S/C24H23F3N4O6/c1-13-20(22(33)36-3)21(30-23(34)29-13)15-6-9-17(18(10-15)35-2)37-12-19(32)31-28-11-14-4-7-16(8-5-14)24(25,26)27/h4-11,21H,12H2,1-3H3,(H,31,32)(H2,29,30,34)/b28-11-/t21-/m0/s1. The van der Waals surface area contributed by atoms with Gasteiger partial charge in [-0.25, -0.2) is 15.0 Å². The van der Waals surface area contributed by atoms with Gasteiger partial charge in [0.15, 0.2) is 18.1 Å². The van der Waals surface area contributed by atoms with Crippen molar-refractivity contribution in [2.75, 3.05) is 20.8 Å². The van der Waals surface area contributed by atoms with Crippen molar-refractivity contribution in [1.82, 2.24) is 16.1 Å². The number of rotatable bonds is 8. The van der Waals surface area contributed by atoms with E-state index in [1.165, 1.54) is 38.6 Å². The van der Waals surface area contributed by atoms with E-state index in [2.05, 4.69) is 21.2 Å². The molecule has 1 atom stereocenters. The summed E-state index contributed by atoms with van der Waals surface area (Å²) in [6.07, 6.45) is -3.25. The van der Waals surface area contributed by atoms with Crippen molar-refractivity contribution < 1.29 is 41.8 Å². The van der Waals surface area contributed by atoms with E-state index in [1.807, 2.05) is 0 Å². The van der Waals surface area contributed by atoms with E-state index in [0.29, 0.717) is 16.8 Å². The van der Waals surface area contributed by atoms with Gasteiger partial charge in [-0.05, 0) is 42.3 Å². The number of esters is 1. The van der Waals surface area contributed by atoms with Crippen LogP contribution in [0, 0.1) is 0 Å². The summed E-state index contributed by atoms with van der Waals surface area (Å²) in [7, 11) is 2.61. The van der Waals surface area contributed by atoms with Crippen LogP contribution in [0.15, 0.2) is 58.8 Å². The molecule has 37 heavy (non-hydrogen) atoms. The van der Waals surface area contributed by atoms with Crippen LogP contribution in [0.25, 0.3) is 0 Å². The molecule has 196 valence electrons. The van der Waals surface area contributed by atoms with Gasteiger partial charge in [0.1, 0.15) is 0 Å². The first kappa shape index (κ1) is 27.0. The first-order valence-corrected chi connectivity index (χ1v) is 10.7. The van der Waals surface area contributed by atoms with Gasteiger partial charge < -0.3 is 24.8 Å². The highest BCUT2D eigenvalue weighted by atomic mass is 19.4. The summed E-state index contributed by atoms with van der Waals surface area (Å²) in [6.45, 7) is 1.13. The van der Waals surface area contributed by atoms with E-state index in [-0.39, 0.29) is 17.1 Å². The number of allylic oxidation sites excluding steroid dienone is 1. The van der Waals surface area contributed by atoms with E-state index in [1.54, 1.807) is 19.1 Å². The third-order valence-corrected chi connectivity index (χ3v) is 5.20. The van der Waals surface area contributed by atoms with Crippen molar-refractivity contribution in [2.45, 2.75) is 19.1 Å². The predicted octanol–water partition coefficient (Wildman–Crippen LogP) is 3.04. The van der Waals surface area contributed by atoms with Crippen LogP contribution in [0.4, 0.5) is 18.0 Å². The molecule has 0 aromatic heterocycles. The van der Waals surface area contributed by atoms with Crippen LogP contribution < -0.4 is 25.5 Å². The predicted molar refractivity (Wildman–Crippen MR) is 125 cm³/mol. The molecule has 1 aliphatic heterocycles. The largest absolute Gasteiger partial charge is 0.493 e. The number of ether oxygens (including phenoxy) is 3. The number of hydrogen-bond acceptors (Lipinski definition) is 7. The van der Waals surface area contributed by atoms with Gasteiger partial charge in [-0.15, -0.1) is 0 Å². The van der Waals surface area contributed by atoms with Gasteiger partial charge >= 0.3 is 18.2 Å². The zero-order chi connectivity index (χ0) is 27.2. The van der Waals surface area contributed by atoms with Crippen LogP contribution in [0.5, 0.6) is 11.5 Å². The number of methoxy groups -OCH3 is 2. The van der Waals surface area contributed by atoms with E-state index in [4.69, 9.17) is 14.2 Å². The Morgan fingerprint density at radius 1 is 1.11 bits per heavy atom. The van der Waals surface area contributed by atoms with Crippen LogP contribution >= 0.6 is 0 Å². The smallest absolute Gasteiger partial charge is 0.416 e. The minimum atomic E-state index is -4.44. The molecule has 0 unspecified atom stereocenters. The maximum Gasteiger partial charge on any atom is 0.416 e. The molecule has 3 rings (SSSR count). The van der Waals surface area contributed by atoms with Gasteiger partial charge in [0, 0.05) is 5.70 Å². The lowest BCUT2D eigenvalue weighted by Gasteiger charge is -2.28. The number of nitrogens with zero attached hydrogens (tertiary/aromatic N) is 1. The molecule has 0 spiro atoms. The number of urea groups is 1. The molecular formula is C24H23F3N4O6. The first-order valence-electron chi connectivity index (χ1n) is 10.7. The summed E-state index contributed by atoms with van der Waals surface area (Å²) >= 11 is 0. The van der Waals surface area contributed by atoms with Crippen molar-refractivity contribution in [3.63, 3.8) is 0 Å². The highest BCUT2D eigenvalue weighted by molar-refractivity contribution is 5.95. The third-order valence-electron chi connectivity index (χ3n) is 5.20. The molecule has 0 bridgehead atoms. The molecule has 0 radical (unpaired) electrons. The fourth-order valence-corrected chi connectivity index (χ4v) is 3.42. The molecule has 0 saturated heterocycles. The molecule has 2 aromatic carbocycles. The molecular weight excluding hydrogens is 497 g/mol. The fourth-order valence-electron chi connectivity index (χ4n) is 3.42. The highest BCUT2D eigenvalue weighted by Crippen LogP contribution is 2.34. The van der Waals surface area contributed by atoms with Crippen LogP contribution in [0.3, 0.4) is 0 Å². The number of alkyl halides is 3. The molecule has 1 aliphatic rings. The first-order chi connectivity index (χ1) is 17.5. The molecule has 0 aliphatic carbocycles. The Morgan fingerprint density at radius 3 is 2.43 bits per heavy atom. The maximum atomic E-state index is 12.6. The Balaban J connectivity index is 1.64. The van der Waals surface area contributed by atoms with Gasteiger partial charge in [-0.2, -0.15) is 18.3 Å². The Morgan fingerprint density at radius 2 is 1.81 bits per heavy atom. The summed E-state index contributed by atoms with van der Waals surface area (Å²) in [4.78, 5) is 36.3. The van der Waals surface area contributed by atoms with Crippen LogP contribution in [-0.2, 0) is 20.5 Å². The zero-order valence-electron chi connectivity index (χ0n) is 19.9. The molecule has 13 heteroatoms. The monoisotopic (exact) mass is 520 g/mol. The lowest BCUT2D eigenvalue weighted by Crippen LogP contribution is -2.45. The highest BCUT2D eigenvalue weighted by Gasteiger charge is 2.32. The van der Waals surface area contributed by atoms with E-state index < -0.39 is 42.3 Å². The lowest BCUT2D eigenvalue weighted by atomic mass is 9.95. The fraction of sp³-hybridized carbons (Fsp3) is 0.250. The van der Waals surface area contributed by atoms with E-state index in [0.717, 1.165) is 12.1 Å².